The van der Waals surface area contributed by atoms with Crippen LogP contribution in [-0.4, -0.2) is 22.6 Å². The predicted molar refractivity (Wildman–Crippen MR) is 66.0 cm³/mol. The molecule has 0 spiro atoms. The van der Waals surface area contributed by atoms with Crippen LogP contribution >= 0.6 is 0 Å². The van der Waals surface area contributed by atoms with Crippen LogP contribution in [0.5, 0.6) is 0 Å². The normalized spacial score (nSPS) is 21.2. The summed E-state index contributed by atoms with van der Waals surface area (Å²) >= 11 is 0. The van der Waals surface area contributed by atoms with Gasteiger partial charge in [0, 0.05) is 24.6 Å². The van der Waals surface area contributed by atoms with Crippen molar-refractivity contribution in [1.29, 1.82) is 0 Å². The highest BCUT2D eigenvalue weighted by atomic mass is 16.1. The molecule has 1 unspecified atom stereocenters. The monoisotopic (exact) mass is 234 g/mol. The molecule has 2 aliphatic carbocycles. The molecule has 0 amide bonds. The smallest absolute Gasteiger partial charge is 0.252 e. The molecule has 1 aromatic heterocycles. The number of hydrogen-bond acceptors (Lipinski definition) is 4. The van der Waals surface area contributed by atoms with Crippen molar-refractivity contribution in [2.75, 3.05) is 11.9 Å². The van der Waals surface area contributed by atoms with Crippen molar-refractivity contribution in [1.82, 2.24) is 9.97 Å². The highest BCUT2D eigenvalue weighted by Crippen LogP contribution is 2.38. The second-order valence-electron chi connectivity index (χ2n) is 5.11. The largest absolute Gasteiger partial charge is 0.366 e. The minimum absolute atomic E-state index is 0.0732. The molecule has 5 heteroatoms. The Balaban J connectivity index is 1.78. The van der Waals surface area contributed by atoms with Gasteiger partial charge in [-0.2, -0.15) is 0 Å². The van der Waals surface area contributed by atoms with E-state index in [-0.39, 0.29) is 11.6 Å². The first-order valence-corrected chi connectivity index (χ1v) is 6.34. The van der Waals surface area contributed by atoms with Crippen LogP contribution in [0.1, 0.15) is 37.4 Å². The van der Waals surface area contributed by atoms with E-state index in [1.165, 1.54) is 18.9 Å². The molecule has 17 heavy (non-hydrogen) atoms. The number of H-pyrrole nitrogens is 1. The molecular formula is C12H18N4O. The Morgan fingerprint density at radius 1 is 1.47 bits per heavy atom. The molecule has 2 fully saturated rings. The van der Waals surface area contributed by atoms with Gasteiger partial charge in [-0.15, -0.1) is 0 Å². The average Bonchev–Trinajstić information content (AvgIpc) is 3.18. The fourth-order valence-corrected chi connectivity index (χ4v) is 2.16. The van der Waals surface area contributed by atoms with E-state index >= 15 is 0 Å². The van der Waals surface area contributed by atoms with E-state index in [4.69, 9.17) is 5.73 Å². The average molecular weight is 234 g/mol. The maximum Gasteiger partial charge on any atom is 0.252 e. The molecule has 2 aliphatic rings. The zero-order valence-electron chi connectivity index (χ0n) is 9.78. The maximum atomic E-state index is 11.5. The summed E-state index contributed by atoms with van der Waals surface area (Å²) in [7, 11) is 0. The SMILES string of the molecule is NCC(Nc1cc(=O)[nH]c(C2CC2)n1)C1CC1. The quantitative estimate of drug-likeness (QED) is 0.703. The number of anilines is 1. The fraction of sp³-hybridized carbons (Fsp3) is 0.667. The Bertz CT molecular complexity index is 462. The molecule has 92 valence electrons. The summed E-state index contributed by atoms with van der Waals surface area (Å²) in [5, 5.41) is 3.30. The van der Waals surface area contributed by atoms with Crippen molar-refractivity contribution >= 4 is 5.82 Å². The van der Waals surface area contributed by atoms with Gasteiger partial charge in [-0.25, -0.2) is 4.98 Å². The summed E-state index contributed by atoms with van der Waals surface area (Å²) in [5.74, 6) is 2.62. The van der Waals surface area contributed by atoms with Crippen LogP contribution in [0.4, 0.5) is 5.82 Å². The first-order chi connectivity index (χ1) is 8.26. The van der Waals surface area contributed by atoms with Gasteiger partial charge < -0.3 is 16.0 Å². The Morgan fingerprint density at radius 3 is 2.82 bits per heavy atom. The lowest BCUT2D eigenvalue weighted by Crippen LogP contribution is -2.32. The van der Waals surface area contributed by atoms with Gasteiger partial charge in [0.05, 0.1) is 0 Å². The second-order valence-corrected chi connectivity index (χ2v) is 5.11. The number of aromatic nitrogens is 2. The fourth-order valence-electron chi connectivity index (χ4n) is 2.16. The molecule has 2 saturated carbocycles. The predicted octanol–water partition coefficient (Wildman–Crippen LogP) is 0.796. The Labute approximate surface area is 99.8 Å². The summed E-state index contributed by atoms with van der Waals surface area (Å²) in [5.41, 5.74) is 5.66. The summed E-state index contributed by atoms with van der Waals surface area (Å²) in [6, 6.07) is 1.79. The number of nitrogens with one attached hydrogen (secondary N) is 2. The van der Waals surface area contributed by atoms with E-state index in [1.54, 1.807) is 0 Å². The van der Waals surface area contributed by atoms with Gasteiger partial charge >= 0.3 is 0 Å². The Kier molecular flexibility index (Phi) is 2.63. The van der Waals surface area contributed by atoms with Gasteiger partial charge in [0.2, 0.25) is 0 Å². The number of hydrogen-bond donors (Lipinski definition) is 3. The lowest BCUT2D eigenvalue weighted by atomic mass is 10.2. The summed E-state index contributed by atoms with van der Waals surface area (Å²) in [6.45, 7) is 0.595. The van der Waals surface area contributed by atoms with E-state index in [0.717, 1.165) is 18.7 Å². The van der Waals surface area contributed by atoms with Crippen molar-refractivity contribution < 1.29 is 0 Å². The van der Waals surface area contributed by atoms with Crippen molar-refractivity contribution in [2.45, 2.75) is 37.6 Å². The van der Waals surface area contributed by atoms with E-state index in [9.17, 15) is 4.79 Å². The van der Waals surface area contributed by atoms with Gasteiger partial charge in [0.1, 0.15) is 11.6 Å². The lowest BCUT2D eigenvalue weighted by molar-refractivity contribution is 0.641. The minimum Gasteiger partial charge on any atom is -0.366 e. The van der Waals surface area contributed by atoms with E-state index < -0.39 is 0 Å². The molecule has 5 nitrogen and oxygen atoms in total. The Morgan fingerprint density at radius 2 is 2.24 bits per heavy atom. The summed E-state index contributed by atoms with van der Waals surface area (Å²) in [4.78, 5) is 18.8. The van der Waals surface area contributed by atoms with Crippen molar-refractivity contribution in [3.05, 3.63) is 22.2 Å². The Hall–Kier alpha value is -1.36. The number of nitrogens with two attached hydrogens (primary N) is 1. The van der Waals surface area contributed by atoms with Crippen LogP contribution in [0.2, 0.25) is 0 Å². The highest BCUT2D eigenvalue weighted by Gasteiger charge is 2.31. The third-order valence-corrected chi connectivity index (χ3v) is 3.50. The molecule has 1 heterocycles. The zero-order valence-corrected chi connectivity index (χ0v) is 9.78. The summed E-state index contributed by atoms with van der Waals surface area (Å²) < 4.78 is 0. The lowest BCUT2D eigenvalue weighted by Gasteiger charge is -2.16. The first kappa shape index (κ1) is 10.8. The van der Waals surface area contributed by atoms with Crippen molar-refractivity contribution in [2.24, 2.45) is 11.7 Å². The standard InChI is InChI=1S/C12H18N4O/c13-6-9(7-1-2-7)14-10-5-11(17)16-12(15-10)8-3-4-8/h5,7-9H,1-4,6,13H2,(H2,14,15,16,17). The van der Waals surface area contributed by atoms with Gasteiger partial charge in [0.25, 0.3) is 5.56 Å². The van der Waals surface area contributed by atoms with E-state index in [2.05, 4.69) is 15.3 Å². The third kappa shape index (κ3) is 2.49. The van der Waals surface area contributed by atoms with E-state index in [1.807, 2.05) is 0 Å². The first-order valence-electron chi connectivity index (χ1n) is 6.34. The molecule has 3 rings (SSSR count). The molecule has 0 aliphatic heterocycles. The molecule has 1 aromatic rings. The topological polar surface area (TPSA) is 83.8 Å². The van der Waals surface area contributed by atoms with Crippen LogP contribution in [-0.2, 0) is 0 Å². The number of aromatic amines is 1. The van der Waals surface area contributed by atoms with Gasteiger partial charge in [0.15, 0.2) is 0 Å². The van der Waals surface area contributed by atoms with Crippen LogP contribution in [0.15, 0.2) is 10.9 Å². The summed E-state index contributed by atoms with van der Waals surface area (Å²) in [6.07, 6.45) is 4.73. The second kappa shape index (κ2) is 4.14. The van der Waals surface area contributed by atoms with Crippen LogP contribution in [0, 0.1) is 5.92 Å². The van der Waals surface area contributed by atoms with Gasteiger partial charge in [-0.1, -0.05) is 0 Å². The molecule has 0 saturated heterocycles. The highest BCUT2D eigenvalue weighted by molar-refractivity contribution is 5.36. The molecular weight excluding hydrogens is 216 g/mol. The number of nitrogens with zero attached hydrogens (tertiary/aromatic N) is 1. The van der Waals surface area contributed by atoms with E-state index in [0.29, 0.717) is 24.2 Å². The minimum atomic E-state index is -0.0732. The molecule has 1 atom stereocenters. The maximum absolute atomic E-state index is 11.5. The van der Waals surface area contributed by atoms with Gasteiger partial charge in [-0.3, -0.25) is 4.79 Å². The van der Waals surface area contributed by atoms with Crippen LogP contribution in [0.3, 0.4) is 0 Å². The molecule has 0 radical (unpaired) electrons. The zero-order chi connectivity index (χ0) is 11.8. The van der Waals surface area contributed by atoms with Gasteiger partial charge in [-0.05, 0) is 31.6 Å². The number of rotatable bonds is 5. The molecule has 0 aromatic carbocycles. The molecule has 4 N–H and O–H groups in total. The van der Waals surface area contributed by atoms with Crippen molar-refractivity contribution in [3.63, 3.8) is 0 Å². The third-order valence-electron chi connectivity index (χ3n) is 3.50. The van der Waals surface area contributed by atoms with Crippen LogP contribution in [0.25, 0.3) is 0 Å². The molecule has 0 bridgehead atoms. The van der Waals surface area contributed by atoms with Crippen molar-refractivity contribution in [3.8, 4) is 0 Å². The van der Waals surface area contributed by atoms with Crippen LogP contribution < -0.4 is 16.6 Å².